The van der Waals surface area contributed by atoms with Gasteiger partial charge in [-0.15, -0.1) is 0 Å². The Bertz CT molecular complexity index is 1130. The first-order valence-electron chi connectivity index (χ1n) is 9.87. The number of benzene rings is 3. The van der Waals surface area contributed by atoms with Crippen molar-refractivity contribution >= 4 is 35.0 Å². The summed E-state index contributed by atoms with van der Waals surface area (Å²) in [6, 6.07) is 19.8. The molecule has 1 aliphatic rings. The topological polar surface area (TPSA) is 64.3 Å². The summed E-state index contributed by atoms with van der Waals surface area (Å²) in [5.41, 5.74) is 11.5. The van der Waals surface area contributed by atoms with E-state index in [0.29, 0.717) is 34.3 Å². The van der Waals surface area contributed by atoms with E-state index in [1.165, 1.54) is 22.3 Å². The molecular weight excluding hydrogens is 431 g/mol. The lowest BCUT2D eigenvalue weighted by Gasteiger charge is -2.14. The summed E-state index contributed by atoms with van der Waals surface area (Å²) in [6.07, 6.45) is 0.00585. The van der Waals surface area contributed by atoms with Crippen LogP contribution in [0.1, 0.15) is 29.0 Å². The van der Waals surface area contributed by atoms with Crippen LogP contribution in [0.2, 0.25) is 10.0 Å². The molecule has 0 fully saturated rings. The van der Waals surface area contributed by atoms with Crippen LogP contribution in [0.15, 0.2) is 60.7 Å². The monoisotopic (exact) mass is 450 g/mol. The number of rotatable bonds is 4. The number of hydrogen-bond donors (Lipinski definition) is 2. The molecule has 3 aromatic carbocycles. The van der Waals surface area contributed by atoms with Gasteiger partial charge in [0.2, 0.25) is 0 Å². The van der Waals surface area contributed by atoms with Gasteiger partial charge < -0.3 is 15.8 Å². The zero-order valence-corrected chi connectivity index (χ0v) is 18.1. The molecule has 0 aliphatic heterocycles. The molecular formula is C25H20Cl2N2O2. The van der Waals surface area contributed by atoms with E-state index >= 15 is 0 Å². The van der Waals surface area contributed by atoms with Gasteiger partial charge in [-0.2, -0.15) is 0 Å². The lowest BCUT2D eigenvalue weighted by molar-refractivity contribution is 0.143. The Kier molecular flexibility index (Phi) is 6.36. The highest BCUT2D eigenvalue weighted by Gasteiger charge is 2.28. The summed E-state index contributed by atoms with van der Waals surface area (Å²) >= 11 is 12.0. The number of carbonyl (C=O) groups is 1. The second-order valence-electron chi connectivity index (χ2n) is 7.16. The highest BCUT2D eigenvalue weighted by atomic mass is 35.5. The molecule has 0 aromatic heterocycles. The highest BCUT2D eigenvalue weighted by molar-refractivity contribution is 6.39. The summed E-state index contributed by atoms with van der Waals surface area (Å²) in [4.78, 5) is 12.2. The average Bonchev–Trinajstić information content (AvgIpc) is 3.09. The maximum atomic E-state index is 12.2. The van der Waals surface area contributed by atoms with Crippen molar-refractivity contribution in [1.29, 1.82) is 0 Å². The number of alkyl carbamates (subject to hydrolysis) is 1. The minimum Gasteiger partial charge on any atom is -0.449 e. The summed E-state index contributed by atoms with van der Waals surface area (Å²) in [7, 11) is 0. The molecule has 0 unspecified atom stereocenters. The van der Waals surface area contributed by atoms with Crippen LogP contribution in [0, 0.1) is 11.8 Å². The Morgan fingerprint density at radius 3 is 2.19 bits per heavy atom. The first-order valence-corrected chi connectivity index (χ1v) is 10.6. The van der Waals surface area contributed by atoms with Crippen molar-refractivity contribution in [3.8, 4) is 23.0 Å². The maximum Gasteiger partial charge on any atom is 0.407 e. The molecule has 0 radical (unpaired) electrons. The zero-order chi connectivity index (χ0) is 21.8. The minimum absolute atomic E-state index is 0.0398. The fourth-order valence-corrected chi connectivity index (χ4v) is 4.18. The van der Waals surface area contributed by atoms with E-state index in [0.717, 1.165) is 0 Å². The van der Waals surface area contributed by atoms with Crippen LogP contribution in [-0.4, -0.2) is 19.2 Å². The first-order chi connectivity index (χ1) is 15.0. The predicted molar refractivity (Wildman–Crippen MR) is 125 cm³/mol. The van der Waals surface area contributed by atoms with Crippen molar-refractivity contribution in [2.45, 2.75) is 12.3 Å². The van der Waals surface area contributed by atoms with E-state index in [1.54, 1.807) is 12.1 Å². The van der Waals surface area contributed by atoms with E-state index in [4.69, 9.17) is 33.7 Å². The van der Waals surface area contributed by atoms with Gasteiger partial charge in [-0.1, -0.05) is 83.6 Å². The molecule has 1 amide bonds. The summed E-state index contributed by atoms with van der Waals surface area (Å²) in [5.74, 6) is 5.98. The van der Waals surface area contributed by atoms with Crippen LogP contribution in [-0.2, 0) is 4.74 Å². The molecule has 0 heterocycles. The Hall–Kier alpha value is -3.13. The van der Waals surface area contributed by atoms with Gasteiger partial charge in [0.15, 0.2) is 0 Å². The van der Waals surface area contributed by atoms with Crippen molar-refractivity contribution in [2.75, 3.05) is 18.9 Å². The highest BCUT2D eigenvalue weighted by Crippen LogP contribution is 2.44. The predicted octanol–water partition coefficient (Wildman–Crippen LogP) is 5.86. The lowest BCUT2D eigenvalue weighted by Crippen LogP contribution is -2.26. The molecule has 6 heteroatoms. The normalized spacial score (nSPS) is 11.8. The molecule has 156 valence electrons. The number of fused-ring (bicyclic) bond motifs is 3. The van der Waals surface area contributed by atoms with Crippen LogP contribution in [0.5, 0.6) is 0 Å². The number of nitrogen functional groups attached to an aromatic ring is 1. The number of ether oxygens (including phenoxy) is 1. The molecule has 3 N–H and O–H groups in total. The minimum atomic E-state index is -0.456. The Morgan fingerprint density at radius 1 is 1.00 bits per heavy atom. The molecule has 31 heavy (non-hydrogen) atoms. The number of hydrogen-bond acceptors (Lipinski definition) is 3. The van der Waals surface area contributed by atoms with Crippen LogP contribution in [0.3, 0.4) is 0 Å². The standard InChI is InChI=1S/C25H20Cl2N2O2/c26-22-13-16(14-23(27)24(22)28)7-5-6-12-29-25(30)31-15-21-19-10-3-1-8-17(19)18-9-2-4-11-20(18)21/h1-4,8-11,13-14,21H,6,12,15,28H2,(H,29,30). The molecule has 0 saturated heterocycles. The van der Waals surface area contributed by atoms with Crippen molar-refractivity contribution in [3.63, 3.8) is 0 Å². The number of anilines is 1. The molecule has 0 bridgehead atoms. The van der Waals surface area contributed by atoms with Gasteiger partial charge in [-0.05, 0) is 34.4 Å². The summed E-state index contributed by atoms with van der Waals surface area (Å²) in [6.45, 7) is 0.661. The molecule has 4 rings (SSSR count). The van der Waals surface area contributed by atoms with Gasteiger partial charge in [0.25, 0.3) is 0 Å². The van der Waals surface area contributed by atoms with Gasteiger partial charge >= 0.3 is 6.09 Å². The number of nitrogens with one attached hydrogen (secondary N) is 1. The first kappa shape index (κ1) is 21.1. The van der Waals surface area contributed by atoms with Gasteiger partial charge in [-0.3, -0.25) is 0 Å². The number of nitrogens with two attached hydrogens (primary N) is 1. The number of amides is 1. The zero-order valence-electron chi connectivity index (χ0n) is 16.6. The number of halogens is 2. The number of carbonyl (C=O) groups excluding carboxylic acids is 1. The van der Waals surface area contributed by atoms with Gasteiger partial charge in [-0.25, -0.2) is 4.79 Å². The fourth-order valence-electron chi connectivity index (χ4n) is 3.70. The Balaban J connectivity index is 1.29. The van der Waals surface area contributed by atoms with Crippen molar-refractivity contribution in [1.82, 2.24) is 5.32 Å². The molecule has 3 aromatic rings. The Morgan fingerprint density at radius 2 is 1.58 bits per heavy atom. The van der Waals surface area contributed by atoms with Crippen molar-refractivity contribution < 1.29 is 9.53 Å². The van der Waals surface area contributed by atoms with Crippen LogP contribution < -0.4 is 11.1 Å². The Labute approximate surface area is 191 Å². The quantitative estimate of drug-likeness (QED) is 0.297. The molecule has 0 saturated carbocycles. The van der Waals surface area contributed by atoms with Crippen LogP contribution in [0.25, 0.3) is 11.1 Å². The third-order valence-corrected chi connectivity index (χ3v) is 5.80. The average molecular weight is 451 g/mol. The lowest BCUT2D eigenvalue weighted by atomic mass is 9.98. The van der Waals surface area contributed by atoms with Gasteiger partial charge in [0.05, 0.1) is 15.7 Å². The largest absolute Gasteiger partial charge is 0.449 e. The van der Waals surface area contributed by atoms with E-state index in [-0.39, 0.29) is 12.5 Å². The summed E-state index contributed by atoms with van der Waals surface area (Å²) < 4.78 is 5.50. The van der Waals surface area contributed by atoms with Gasteiger partial charge in [0, 0.05) is 24.4 Å². The van der Waals surface area contributed by atoms with Crippen molar-refractivity contribution in [3.05, 3.63) is 87.4 Å². The van der Waals surface area contributed by atoms with E-state index in [2.05, 4.69) is 41.4 Å². The smallest absolute Gasteiger partial charge is 0.407 e. The fraction of sp³-hybridized carbons (Fsp3) is 0.160. The van der Waals surface area contributed by atoms with E-state index in [1.807, 2.05) is 24.3 Å². The molecule has 0 spiro atoms. The van der Waals surface area contributed by atoms with E-state index in [9.17, 15) is 4.79 Å². The van der Waals surface area contributed by atoms with Crippen molar-refractivity contribution in [2.24, 2.45) is 0 Å². The molecule has 0 atom stereocenters. The second-order valence-corrected chi connectivity index (χ2v) is 7.97. The maximum absolute atomic E-state index is 12.2. The summed E-state index contributed by atoms with van der Waals surface area (Å²) in [5, 5.41) is 3.47. The molecule has 1 aliphatic carbocycles. The molecule has 4 nitrogen and oxygen atoms in total. The second kappa shape index (κ2) is 9.34. The van der Waals surface area contributed by atoms with E-state index < -0.39 is 6.09 Å². The van der Waals surface area contributed by atoms with Crippen LogP contribution in [0.4, 0.5) is 10.5 Å². The SMILES string of the molecule is Nc1c(Cl)cc(C#CCCNC(=O)OCC2c3ccccc3-c3ccccc32)cc1Cl. The van der Waals surface area contributed by atoms with Gasteiger partial charge in [0.1, 0.15) is 6.61 Å². The third-order valence-electron chi connectivity index (χ3n) is 5.17. The van der Waals surface area contributed by atoms with Crippen LogP contribution >= 0.6 is 23.2 Å². The third kappa shape index (κ3) is 4.64.